The maximum Gasteiger partial charge on any atom is 0.0409 e. The van der Waals surface area contributed by atoms with Gasteiger partial charge in [0.05, 0.1) is 0 Å². The highest BCUT2D eigenvalue weighted by atomic mass is 127. The van der Waals surface area contributed by atoms with E-state index in [0.717, 1.165) is 24.7 Å². The van der Waals surface area contributed by atoms with Crippen LogP contribution >= 0.6 is 34.2 Å². The molecule has 1 aromatic rings. The van der Waals surface area contributed by atoms with Gasteiger partial charge in [0.1, 0.15) is 0 Å². The average Bonchev–Trinajstić information content (AvgIpc) is 2.22. The molecule has 1 rings (SSSR count). The van der Waals surface area contributed by atoms with Crippen LogP contribution in [0.25, 0.3) is 0 Å². The third-order valence-electron chi connectivity index (χ3n) is 2.18. The van der Waals surface area contributed by atoms with Crippen molar-refractivity contribution in [2.75, 3.05) is 13.1 Å². The molecule has 0 heterocycles. The van der Waals surface area contributed by atoms with Gasteiger partial charge in [0.25, 0.3) is 0 Å². The number of nitrogens with one attached hydrogen (secondary N) is 2. The first-order chi connectivity index (χ1) is 7.59. The van der Waals surface area contributed by atoms with Crippen LogP contribution in [0.2, 0.25) is 5.02 Å². The third-order valence-corrected chi connectivity index (χ3v) is 3.47. The second kappa shape index (κ2) is 7.48. The van der Waals surface area contributed by atoms with Crippen molar-refractivity contribution < 1.29 is 0 Å². The molecule has 0 radical (unpaired) electrons. The van der Waals surface area contributed by atoms with Gasteiger partial charge in [-0.15, -0.1) is 0 Å². The van der Waals surface area contributed by atoms with E-state index < -0.39 is 0 Å². The summed E-state index contributed by atoms with van der Waals surface area (Å²) < 4.78 is 1.26. The van der Waals surface area contributed by atoms with Crippen molar-refractivity contribution >= 4 is 34.2 Å². The summed E-state index contributed by atoms with van der Waals surface area (Å²) in [5.41, 5.74) is 1.26. The first-order valence-electron chi connectivity index (χ1n) is 5.47. The average molecular weight is 353 g/mol. The summed E-state index contributed by atoms with van der Waals surface area (Å²) in [4.78, 5) is 0. The van der Waals surface area contributed by atoms with E-state index in [1.165, 1.54) is 9.13 Å². The van der Waals surface area contributed by atoms with Crippen LogP contribution < -0.4 is 10.6 Å². The lowest BCUT2D eigenvalue weighted by Crippen LogP contribution is -2.31. The summed E-state index contributed by atoms with van der Waals surface area (Å²) >= 11 is 8.29. The van der Waals surface area contributed by atoms with Gasteiger partial charge in [-0.05, 0) is 46.4 Å². The van der Waals surface area contributed by atoms with E-state index in [4.69, 9.17) is 11.6 Å². The highest BCUT2D eigenvalue weighted by molar-refractivity contribution is 14.1. The molecule has 0 aromatic heterocycles. The zero-order chi connectivity index (χ0) is 12.0. The van der Waals surface area contributed by atoms with Gasteiger partial charge in [-0.1, -0.05) is 25.4 Å². The van der Waals surface area contributed by atoms with Crippen LogP contribution in [-0.2, 0) is 6.54 Å². The fraction of sp³-hybridized carbons (Fsp3) is 0.500. The fourth-order valence-corrected chi connectivity index (χ4v) is 2.07. The van der Waals surface area contributed by atoms with Crippen molar-refractivity contribution in [3.8, 4) is 0 Å². The van der Waals surface area contributed by atoms with Gasteiger partial charge >= 0.3 is 0 Å². The molecule has 0 saturated heterocycles. The molecule has 0 aliphatic heterocycles. The molecule has 0 aliphatic carbocycles. The normalized spacial score (nSPS) is 11.1. The highest BCUT2D eigenvalue weighted by Gasteiger charge is 2.00. The summed E-state index contributed by atoms with van der Waals surface area (Å²) in [5.74, 6) is 0. The maximum absolute atomic E-state index is 5.96. The van der Waals surface area contributed by atoms with Crippen molar-refractivity contribution in [2.24, 2.45) is 0 Å². The Hall–Kier alpha value is 0.160. The fourth-order valence-electron chi connectivity index (χ4n) is 1.35. The molecule has 0 fully saturated rings. The zero-order valence-electron chi connectivity index (χ0n) is 9.69. The Morgan fingerprint density at radius 2 is 2.06 bits per heavy atom. The molecule has 0 saturated carbocycles. The van der Waals surface area contributed by atoms with Crippen molar-refractivity contribution in [1.82, 2.24) is 10.6 Å². The first-order valence-corrected chi connectivity index (χ1v) is 6.93. The second-order valence-electron chi connectivity index (χ2n) is 4.02. The van der Waals surface area contributed by atoms with E-state index in [-0.39, 0.29) is 0 Å². The second-order valence-corrected chi connectivity index (χ2v) is 5.62. The summed E-state index contributed by atoms with van der Waals surface area (Å²) in [6.07, 6.45) is 0. The molecule has 16 heavy (non-hydrogen) atoms. The summed E-state index contributed by atoms with van der Waals surface area (Å²) in [6.45, 7) is 7.15. The van der Waals surface area contributed by atoms with Crippen molar-refractivity contribution in [2.45, 2.75) is 26.4 Å². The van der Waals surface area contributed by atoms with E-state index in [2.05, 4.69) is 47.1 Å². The molecule has 0 aliphatic rings. The minimum Gasteiger partial charge on any atom is -0.313 e. The molecular weight excluding hydrogens is 335 g/mol. The lowest BCUT2D eigenvalue weighted by molar-refractivity contribution is 0.555. The molecule has 0 atom stereocenters. The van der Waals surface area contributed by atoms with Crippen molar-refractivity contribution in [3.63, 3.8) is 0 Å². The quantitative estimate of drug-likeness (QED) is 0.607. The number of rotatable bonds is 6. The molecule has 1 aromatic carbocycles. The van der Waals surface area contributed by atoms with Gasteiger partial charge in [-0.25, -0.2) is 0 Å². The largest absolute Gasteiger partial charge is 0.313 e. The third kappa shape index (κ3) is 5.48. The van der Waals surface area contributed by atoms with Gasteiger partial charge in [-0.2, -0.15) is 0 Å². The molecule has 0 unspecified atom stereocenters. The van der Waals surface area contributed by atoms with Crippen molar-refractivity contribution in [3.05, 3.63) is 32.4 Å². The standard InChI is InChI=1S/C12H18ClIN2/c1-9(2)16-6-5-15-8-10-7-11(13)3-4-12(10)14/h3-4,7,9,15-16H,5-6,8H2,1-2H3. The van der Waals surface area contributed by atoms with Crippen LogP contribution in [-0.4, -0.2) is 19.1 Å². The van der Waals surface area contributed by atoms with E-state index in [9.17, 15) is 0 Å². The lowest BCUT2D eigenvalue weighted by atomic mass is 10.2. The van der Waals surface area contributed by atoms with Crippen LogP contribution in [0.5, 0.6) is 0 Å². The first kappa shape index (κ1) is 14.2. The molecule has 0 bridgehead atoms. The Morgan fingerprint density at radius 1 is 1.31 bits per heavy atom. The Bertz CT molecular complexity index is 329. The smallest absolute Gasteiger partial charge is 0.0409 e. The van der Waals surface area contributed by atoms with E-state index in [1.807, 2.05) is 18.2 Å². The van der Waals surface area contributed by atoms with E-state index >= 15 is 0 Å². The summed E-state index contributed by atoms with van der Waals surface area (Å²) in [5, 5.41) is 7.57. The van der Waals surface area contributed by atoms with Gasteiger partial charge in [0, 0.05) is 34.3 Å². The predicted octanol–water partition coefficient (Wildman–Crippen LogP) is 3.03. The molecular formula is C12H18ClIN2. The zero-order valence-corrected chi connectivity index (χ0v) is 12.6. The van der Waals surface area contributed by atoms with E-state index in [1.54, 1.807) is 0 Å². The molecule has 2 N–H and O–H groups in total. The van der Waals surface area contributed by atoms with Crippen LogP contribution in [0.1, 0.15) is 19.4 Å². The Balaban J connectivity index is 2.29. The SMILES string of the molecule is CC(C)NCCNCc1cc(Cl)ccc1I. The predicted molar refractivity (Wildman–Crippen MR) is 79.0 cm³/mol. The molecule has 2 nitrogen and oxygen atoms in total. The minimum atomic E-state index is 0.549. The van der Waals surface area contributed by atoms with Crippen LogP contribution in [0, 0.1) is 3.57 Å². The van der Waals surface area contributed by atoms with Gasteiger partial charge in [0.2, 0.25) is 0 Å². The highest BCUT2D eigenvalue weighted by Crippen LogP contribution is 2.17. The number of halogens is 2. The number of benzene rings is 1. The van der Waals surface area contributed by atoms with Gasteiger partial charge in [-0.3, -0.25) is 0 Å². The monoisotopic (exact) mass is 352 g/mol. The van der Waals surface area contributed by atoms with Gasteiger partial charge < -0.3 is 10.6 Å². The maximum atomic E-state index is 5.96. The van der Waals surface area contributed by atoms with Crippen molar-refractivity contribution in [1.29, 1.82) is 0 Å². The Kier molecular flexibility index (Phi) is 6.65. The molecule has 0 amide bonds. The Labute approximate surface area is 116 Å². The van der Waals surface area contributed by atoms with E-state index in [0.29, 0.717) is 6.04 Å². The summed E-state index contributed by atoms with van der Waals surface area (Å²) in [7, 11) is 0. The number of hydrogen-bond donors (Lipinski definition) is 2. The lowest BCUT2D eigenvalue weighted by Gasteiger charge is -2.10. The Morgan fingerprint density at radius 3 is 2.75 bits per heavy atom. The topological polar surface area (TPSA) is 24.1 Å². The minimum absolute atomic E-state index is 0.549. The van der Waals surface area contributed by atoms with Crippen LogP contribution in [0.15, 0.2) is 18.2 Å². The van der Waals surface area contributed by atoms with Crippen LogP contribution in [0.4, 0.5) is 0 Å². The molecule has 0 spiro atoms. The molecule has 90 valence electrons. The number of hydrogen-bond acceptors (Lipinski definition) is 2. The summed E-state index contributed by atoms with van der Waals surface area (Å²) in [6, 6.07) is 6.54. The van der Waals surface area contributed by atoms with Gasteiger partial charge in [0.15, 0.2) is 0 Å². The molecule has 4 heteroatoms. The van der Waals surface area contributed by atoms with Crippen LogP contribution in [0.3, 0.4) is 0 Å².